The summed E-state index contributed by atoms with van der Waals surface area (Å²) in [5.74, 6) is 0.435. The van der Waals surface area contributed by atoms with Crippen LogP contribution in [-0.2, 0) is 4.79 Å². The van der Waals surface area contributed by atoms with Crippen molar-refractivity contribution in [2.45, 2.75) is 11.3 Å². The molecule has 0 radical (unpaired) electrons. The zero-order valence-electron chi connectivity index (χ0n) is 17.1. The van der Waals surface area contributed by atoms with Gasteiger partial charge in [0.2, 0.25) is 5.91 Å². The summed E-state index contributed by atoms with van der Waals surface area (Å²) in [4.78, 5) is 33.7. The predicted octanol–water partition coefficient (Wildman–Crippen LogP) is 3.72. The van der Waals surface area contributed by atoms with Gasteiger partial charge in [0.05, 0.1) is 16.0 Å². The number of piperazine rings is 1. The summed E-state index contributed by atoms with van der Waals surface area (Å²) < 4.78 is 1.86. The van der Waals surface area contributed by atoms with Crippen LogP contribution in [0, 0.1) is 6.92 Å². The molecule has 0 saturated carbocycles. The van der Waals surface area contributed by atoms with Crippen LogP contribution >= 0.6 is 23.1 Å². The number of thiazole rings is 1. The fourth-order valence-corrected chi connectivity index (χ4v) is 5.23. The van der Waals surface area contributed by atoms with Crippen molar-refractivity contribution in [3.63, 3.8) is 0 Å². The number of benzene rings is 2. The van der Waals surface area contributed by atoms with Crippen molar-refractivity contribution in [1.29, 1.82) is 0 Å². The normalized spacial score (nSPS) is 14.8. The molecular weight excluding hydrogens is 416 g/mol. The van der Waals surface area contributed by atoms with Gasteiger partial charge in [0, 0.05) is 37.4 Å². The molecule has 0 bridgehead atoms. The zero-order valence-corrected chi connectivity index (χ0v) is 18.7. The maximum absolute atomic E-state index is 12.4. The van der Waals surface area contributed by atoms with Gasteiger partial charge in [-0.1, -0.05) is 29.5 Å². The molecule has 1 aliphatic heterocycles. The Morgan fingerprint density at radius 2 is 1.83 bits per heavy atom. The predicted molar refractivity (Wildman–Crippen MR) is 124 cm³/mol. The number of hydrogen-bond acceptors (Lipinski definition) is 6. The molecule has 2 aromatic carbocycles. The number of likely N-dealkylation sites (N-methyl/N-ethyl adjacent to an activating group) is 1. The van der Waals surface area contributed by atoms with Crippen molar-refractivity contribution >= 4 is 50.8 Å². The van der Waals surface area contributed by atoms with Crippen LogP contribution < -0.4 is 5.32 Å². The van der Waals surface area contributed by atoms with E-state index < -0.39 is 0 Å². The summed E-state index contributed by atoms with van der Waals surface area (Å²) in [7, 11) is 2.08. The fraction of sp³-hybridized carbons (Fsp3) is 0.318. The molecule has 3 aromatic rings. The highest BCUT2D eigenvalue weighted by Crippen LogP contribution is 2.31. The molecular formula is C22H24N4O2S2. The first-order valence-corrected chi connectivity index (χ1v) is 11.7. The summed E-state index contributed by atoms with van der Waals surface area (Å²) in [6, 6.07) is 13.2. The second-order valence-corrected chi connectivity index (χ2v) is 9.71. The number of anilines is 1. The second-order valence-electron chi connectivity index (χ2n) is 7.46. The van der Waals surface area contributed by atoms with E-state index in [-0.39, 0.29) is 11.8 Å². The van der Waals surface area contributed by atoms with Crippen LogP contribution in [-0.4, -0.2) is 65.6 Å². The van der Waals surface area contributed by atoms with E-state index >= 15 is 0 Å². The van der Waals surface area contributed by atoms with Crippen LogP contribution in [0.4, 0.5) is 5.69 Å². The molecule has 0 atom stereocenters. The quantitative estimate of drug-likeness (QED) is 0.613. The number of amides is 2. The highest BCUT2D eigenvalue weighted by atomic mass is 32.2. The van der Waals surface area contributed by atoms with Gasteiger partial charge in [0.15, 0.2) is 4.34 Å². The number of aromatic nitrogens is 1. The Labute approximate surface area is 184 Å². The van der Waals surface area contributed by atoms with Crippen LogP contribution in [0.15, 0.2) is 46.8 Å². The third-order valence-electron chi connectivity index (χ3n) is 5.12. The monoisotopic (exact) mass is 440 g/mol. The standard InChI is InChI=1S/C22H24N4O2S2/c1-15-3-5-16(6-4-15)21(28)23-17-7-8-18-19(13-17)30-22(24-18)29-14-20(27)26-11-9-25(2)10-12-26/h3-8,13H,9-12,14H2,1-2H3,(H,23,28). The maximum Gasteiger partial charge on any atom is 0.255 e. The van der Waals surface area contributed by atoms with Gasteiger partial charge in [-0.3, -0.25) is 9.59 Å². The minimum atomic E-state index is -0.133. The number of aryl methyl sites for hydroxylation is 1. The maximum atomic E-state index is 12.4. The Balaban J connectivity index is 1.38. The molecule has 1 N–H and O–H groups in total. The summed E-state index contributed by atoms with van der Waals surface area (Å²) >= 11 is 3.03. The lowest BCUT2D eigenvalue weighted by atomic mass is 10.1. The molecule has 30 heavy (non-hydrogen) atoms. The minimum Gasteiger partial charge on any atom is -0.339 e. The number of rotatable bonds is 5. The Morgan fingerprint density at radius 3 is 2.57 bits per heavy atom. The molecule has 0 aliphatic carbocycles. The Bertz CT molecular complexity index is 1060. The van der Waals surface area contributed by atoms with Gasteiger partial charge in [0.25, 0.3) is 5.91 Å². The largest absolute Gasteiger partial charge is 0.339 e. The van der Waals surface area contributed by atoms with E-state index in [1.54, 1.807) is 11.3 Å². The minimum absolute atomic E-state index is 0.133. The number of nitrogens with zero attached hydrogens (tertiary/aromatic N) is 3. The Morgan fingerprint density at radius 1 is 1.10 bits per heavy atom. The average molecular weight is 441 g/mol. The lowest BCUT2D eigenvalue weighted by molar-refractivity contribution is -0.129. The second kappa shape index (κ2) is 9.16. The van der Waals surface area contributed by atoms with E-state index in [2.05, 4.69) is 22.2 Å². The van der Waals surface area contributed by atoms with Gasteiger partial charge in [-0.25, -0.2) is 4.98 Å². The number of carbonyl (C=O) groups excluding carboxylic acids is 2. The summed E-state index contributed by atoms with van der Waals surface area (Å²) in [6.45, 7) is 5.43. The number of nitrogens with one attached hydrogen (secondary N) is 1. The molecule has 1 fully saturated rings. The molecule has 6 nitrogen and oxygen atoms in total. The van der Waals surface area contributed by atoms with Crippen LogP contribution in [0.5, 0.6) is 0 Å². The highest BCUT2D eigenvalue weighted by Gasteiger charge is 2.19. The van der Waals surface area contributed by atoms with Crippen molar-refractivity contribution in [2.24, 2.45) is 0 Å². The lowest BCUT2D eigenvalue weighted by Gasteiger charge is -2.32. The van der Waals surface area contributed by atoms with E-state index in [9.17, 15) is 9.59 Å². The zero-order chi connectivity index (χ0) is 21.1. The van der Waals surface area contributed by atoms with Gasteiger partial charge in [-0.15, -0.1) is 11.3 Å². The van der Waals surface area contributed by atoms with E-state index in [1.165, 1.54) is 11.8 Å². The molecule has 156 valence electrons. The van der Waals surface area contributed by atoms with E-state index in [0.29, 0.717) is 11.3 Å². The van der Waals surface area contributed by atoms with Gasteiger partial charge < -0.3 is 15.1 Å². The van der Waals surface area contributed by atoms with E-state index in [4.69, 9.17) is 0 Å². The molecule has 2 amide bonds. The van der Waals surface area contributed by atoms with Crippen LogP contribution in [0.2, 0.25) is 0 Å². The third kappa shape index (κ3) is 5.00. The Hall–Kier alpha value is -2.42. The molecule has 1 aliphatic rings. The molecule has 0 unspecified atom stereocenters. The number of fused-ring (bicyclic) bond motifs is 1. The molecule has 4 rings (SSSR count). The van der Waals surface area contributed by atoms with E-state index in [1.807, 2.05) is 54.3 Å². The van der Waals surface area contributed by atoms with Crippen molar-refractivity contribution < 1.29 is 9.59 Å². The fourth-order valence-electron chi connectivity index (χ4n) is 3.22. The van der Waals surface area contributed by atoms with Crippen molar-refractivity contribution in [1.82, 2.24) is 14.8 Å². The molecule has 1 saturated heterocycles. The third-order valence-corrected chi connectivity index (χ3v) is 7.26. The summed E-state index contributed by atoms with van der Waals surface area (Å²) in [5.41, 5.74) is 3.36. The SMILES string of the molecule is Cc1ccc(C(=O)Nc2ccc3nc(SCC(=O)N4CCN(C)CC4)sc3c2)cc1. The molecule has 8 heteroatoms. The molecule has 2 heterocycles. The smallest absolute Gasteiger partial charge is 0.255 e. The van der Waals surface area contributed by atoms with Crippen molar-refractivity contribution in [2.75, 3.05) is 44.3 Å². The highest BCUT2D eigenvalue weighted by molar-refractivity contribution is 8.01. The summed E-state index contributed by atoms with van der Waals surface area (Å²) in [5, 5.41) is 2.94. The average Bonchev–Trinajstić information content (AvgIpc) is 3.15. The van der Waals surface area contributed by atoms with Crippen LogP contribution in [0.3, 0.4) is 0 Å². The Kier molecular flexibility index (Phi) is 6.36. The van der Waals surface area contributed by atoms with Crippen LogP contribution in [0.25, 0.3) is 10.2 Å². The first-order valence-electron chi connectivity index (χ1n) is 9.86. The number of thioether (sulfide) groups is 1. The van der Waals surface area contributed by atoms with Gasteiger partial charge >= 0.3 is 0 Å². The van der Waals surface area contributed by atoms with Crippen molar-refractivity contribution in [3.05, 3.63) is 53.6 Å². The first kappa shape index (κ1) is 20.8. The molecule has 0 spiro atoms. The van der Waals surface area contributed by atoms with Crippen molar-refractivity contribution in [3.8, 4) is 0 Å². The van der Waals surface area contributed by atoms with Crippen LogP contribution in [0.1, 0.15) is 15.9 Å². The van der Waals surface area contributed by atoms with Gasteiger partial charge in [-0.2, -0.15) is 0 Å². The first-order chi connectivity index (χ1) is 14.5. The van der Waals surface area contributed by atoms with Gasteiger partial charge in [0.1, 0.15) is 0 Å². The van der Waals surface area contributed by atoms with E-state index in [0.717, 1.165) is 52.0 Å². The topological polar surface area (TPSA) is 65.5 Å². The number of carbonyl (C=O) groups is 2. The molecule has 1 aromatic heterocycles. The van der Waals surface area contributed by atoms with Gasteiger partial charge in [-0.05, 0) is 44.3 Å². The summed E-state index contributed by atoms with van der Waals surface area (Å²) in [6.07, 6.45) is 0. The number of hydrogen-bond donors (Lipinski definition) is 1. The lowest BCUT2D eigenvalue weighted by Crippen LogP contribution is -2.47.